The molecule has 0 amide bonds. The number of methoxy groups -OCH3 is 1. The van der Waals surface area contributed by atoms with E-state index in [1.165, 1.54) is 7.11 Å². The summed E-state index contributed by atoms with van der Waals surface area (Å²) < 4.78 is 10.1. The van der Waals surface area contributed by atoms with Crippen LogP contribution in [0.25, 0.3) is 0 Å². The molecule has 5 heteroatoms. The van der Waals surface area contributed by atoms with Crippen LogP contribution in [0, 0.1) is 0 Å². The number of aromatic nitrogens is 1. The number of nitrogens with zero attached hydrogens (tertiary/aromatic N) is 1. The molecule has 0 aliphatic rings. The van der Waals surface area contributed by atoms with Gasteiger partial charge in [0.2, 0.25) is 5.88 Å². The third-order valence-corrected chi connectivity index (χ3v) is 2.66. The smallest absolute Gasteiger partial charge is 0.337 e. The Morgan fingerprint density at radius 3 is 2.58 bits per heavy atom. The first kappa shape index (κ1) is 13.4. The van der Waals surface area contributed by atoms with Gasteiger partial charge in [0.1, 0.15) is 11.8 Å². The molecule has 0 aliphatic heterocycles. The Hall–Kier alpha value is -2.07. The standard InChI is InChI=1S/C14H12ClNO3/c1-18-14(17)11-7-5-10(6-8-11)9-19-13-4-2-3-12(15)16-13/h2-8H,9H2,1H3. The Kier molecular flexibility index (Phi) is 4.36. The molecule has 4 nitrogen and oxygen atoms in total. The first-order valence-corrected chi connectivity index (χ1v) is 5.99. The molecule has 2 aromatic rings. The lowest BCUT2D eigenvalue weighted by Crippen LogP contribution is -2.02. The maximum Gasteiger partial charge on any atom is 0.337 e. The minimum Gasteiger partial charge on any atom is -0.473 e. The lowest BCUT2D eigenvalue weighted by atomic mass is 10.1. The maximum absolute atomic E-state index is 11.3. The van der Waals surface area contributed by atoms with Crippen molar-refractivity contribution >= 4 is 17.6 Å². The molecule has 98 valence electrons. The maximum atomic E-state index is 11.3. The Morgan fingerprint density at radius 1 is 1.21 bits per heavy atom. The number of hydrogen-bond acceptors (Lipinski definition) is 4. The van der Waals surface area contributed by atoms with E-state index in [9.17, 15) is 4.79 Å². The van der Waals surface area contributed by atoms with Gasteiger partial charge in [-0.15, -0.1) is 0 Å². The van der Waals surface area contributed by atoms with Gasteiger partial charge in [0, 0.05) is 6.07 Å². The fourth-order valence-electron chi connectivity index (χ4n) is 1.48. The number of esters is 1. The van der Waals surface area contributed by atoms with Gasteiger partial charge in [0.25, 0.3) is 0 Å². The molecular weight excluding hydrogens is 266 g/mol. The second-order valence-electron chi connectivity index (χ2n) is 3.78. The Labute approximate surface area is 115 Å². The summed E-state index contributed by atoms with van der Waals surface area (Å²) in [4.78, 5) is 15.3. The molecule has 0 fully saturated rings. The largest absolute Gasteiger partial charge is 0.473 e. The number of carbonyl (C=O) groups excluding carboxylic acids is 1. The average Bonchev–Trinajstić information content (AvgIpc) is 2.45. The van der Waals surface area contributed by atoms with Crippen molar-refractivity contribution in [2.75, 3.05) is 7.11 Å². The van der Waals surface area contributed by atoms with Crippen molar-refractivity contribution in [3.05, 3.63) is 58.7 Å². The van der Waals surface area contributed by atoms with Crippen LogP contribution in [0.3, 0.4) is 0 Å². The zero-order valence-electron chi connectivity index (χ0n) is 10.3. The lowest BCUT2D eigenvalue weighted by Gasteiger charge is -2.06. The highest BCUT2D eigenvalue weighted by atomic mass is 35.5. The highest BCUT2D eigenvalue weighted by Crippen LogP contribution is 2.14. The van der Waals surface area contributed by atoms with Crippen LogP contribution in [-0.4, -0.2) is 18.1 Å². The van der Waals surface area contributed by atoms with Crippen LogP contribution in [0.1, 0.15) is 15.9 Å². The van der Waals surface area contributed by atoms with E-state index in [1.807, 2.05) is 0 Å². The van der Waals surface area contributed by atoms with E-state index in [1.54, 1.807) is 42.5 Å². The highest BCUT2D eigenvalue weighted by molar-refractivity contribution is 6.29. The molecule has 0 aliphatic carbocycles. The number of hydrogen-bond donors (Lipinski definition) is 0. The molecule has 2 rings (SSSR count). The predicted octanol–water partition coefficient (Wildman–Crippen LogP) is 3.10. The second kappa shape index (κ2) is 6.20. The number of carbonyl (C=O) groups is 1. The van der Waals surface area contributed by atoms with Gasteiger partial charge in [-0.1, -0.05) is 29.8 Å². The predicted molar refractivity (Wildman–Crippen MR) is 71.4 cm³/mol. The summed E-state index contributed by atoms with van der Waals surface area (Å²) in [5.74, 6) is 0.105. The highest BCUT2D eigenvalue weighted by Gasteiger charge is 2.04. The van der Waals surface area contributed by atoms with Crippen molar-refractivity contribution < 1.29 is 14.3 Å². The zero-order valence-corrected chi connectivity index (χ0v) is 11.1. The summed E-state index contributed by atoms with van der Waals surface area (Å²) in [7, 11) is 1.35. The second-order valence-corrected chi connectivity index (χ2v) is 4.16. The Bertz CT molecular complexity index is 569. The monoisotopic (exact) mass is 277 g/mol. The van der Waals surface area contributed by atoms with E-state index < -0.39 is 0 Å². The summed E-state index contributed by atoms with van der Waals surface area (Å²) in [6.07, 6.45) is 0. The van der Waals surface area contributed by atoms with Crippen molar-refractivity contribution in [3.8, 4) is 5.88 Å². The summed E-state index contributed by atoms with van der Waals surface area (Å²) in [5, 5.41) is 0.388. The lowest BCUT2D eigenvalue weighted by molar-refractivity contribution is 0.0600. The van der Waals surface area contributed by atoms with Crippen LogP contribution in [0.2, 0.25) is 5.15 Å². The van der Waals surface area contributed by atoms with Gasteiger partial charge in [-0.2, -0.15) is 0 Å². The molecule has 0 unspecified atom stereocenters. The first-order chi connectivity index (χ1) is 9.19. The third-order valence-electron chi connectivity index (χ3n) is 2.45. The molecule has 0 spiro atoms. The number of ether oxygens (including phenoxy) is 2. The van der Waals surface area contributed by atoms with Gasteiger partial charge < -0.3 is 9.47 Å². The van der Waals surface area contributed by atoms with E-state index in [0.717, 1.165) is 5.56 Å². The summed E-state index contributed by atoms with van der Waals surface area (Å²) in [6, 6.07) is 12.2. The molecule has 1 aromatic heterocycles. The van der Waals surface area contributed by atoms with E-state index >= 15 is 0 Å². The van der Waals surface area contributed by atoms with Gasteiger partial charge in [0.15, 0.2) is 0 Å². The molecule has 0 N–H and O–H groups in total. The van der Waals surface area contributed by atoms with Gasteiger partial charge in [-0.3, -0.25) is 0 Å². The van der Waals surface area contributed by atoms with Gasteiger partial charge >= 0.3 is 5.97 Å². The van der Waals surface area contributed by atoms with Gasteiger partial charge in [-0.25, -0.2) is 9.78 Å². The van der Waals surface area contributed by atoms with Crippen LogP contribution < -0.4 is 4.74 Å². The van der Waals surface area contributed by atoms with E-state index in [2.05, 4.69) is 9.72 Å². The van der Waals surface area contributed by atoms with Crippen LogP contribution >= 0.6 is 11.6 Å². The molecule has 19 heavy (non-hydrogen) atoms. The minimum atomic E-state index is -0.357. The average molecular weight is 278 g/mol. The van der Waals surface area contributed by atoms with Crippen molar-refractivity contribution in [1.82, 2.24) is 4.98 Å². The molecule has 0 saturated heterocycles. The van der Waals surface area contributed by atoms with Crippen molar-refractivity contribution in [2.24, 2.45) is 0 Å². The number of benzene rings is 1. The molecule has 1 heterocycles. The van der Waals surface area contributed by atoms with E-state index in [4.69, 9.17) is 16.3 Å². The van der Waals surface area contributed by atoms with E-state index in [-0.39, 0.29) is 5.97 Å². The number of pyridine rings is 1. The SMILES string of the molecule is COC(=O)c1ccc(COc2cccc(Cl)n2)cc1. The fraction of sp³-hybridized carbons (Fsp3) is 0.143. The topological polar surface area (TPSA) is 48.4 Å². The fourth-order valence-corrected chi connectivity index (χ4v) is 1.64. The quantitative estimate of drug-likeness (QED) is 0.636. The van der Waals surface area contributed by atoms with Crippen LogP contribution in [0.4, 0.5) is 0 Å². The van der Waals surface area contributed by atoms with Crippen molar-refractivity contribution in [1.29, 1.82) is 0 Å². The van der Waals surface area contributed by atoms with Crippen molar-refractivity contribution in [2.45, 2.75) is 6.61 Å². The van der Waals surface area contributed by atoms with Crippen LogP contribution in [0.5, 0.6) is 5.88 Å². The molecule has 0 atom stereocenters. The Morgan fingerprint density at radius 2 is 1.95 bits per heavy atom. The molecular formula is C14H12ClNO3. The summed E-state index contributed by atoms with van der Waals surface area (Å²) in [5.41, 5.74) is 1.43. The summed E-state index contributed by atoms with van der Waals surface area (Å²) in [6.45, 7) is 0.356. The molecule has 0 radical (unpaired) electrons. The zero-order chi connectivity index (χ0) is 13.7. The molecule has 0 bridgehead atoms. The van der Waals surface area contributed by atoms with Crippen LogP contribution in [0.15, 0.2) is 42.5 Å². The summed E-state index contributed by atoms with van der Waals surface area (Å²) >= 11 is 5.76. The number of halogens is 1. The Balaban J connectivity index is 1.98. The number of rotatable bonds is 4. The molecule has 1 aromatic carbocycles. The molecule has 0 saturated carbocycles. The van der Waals surface area contributed by atoms with Gasteiger partial charge in [0.05, 0.1) is 12.7 Å². The van der Waals surface area contributed by atoms with Crippen LogP contribution in [-0.2, 0) is 11.3 Å². The third kappa shape index (κ3) is 3.69. The van der Waals surface area contributed by atoms with Gasteiger partial charge in [-0.05, 0) is 23.8 Å². The van der Waals surface area contributed by atoms with Crippen molar-refractivity contribution in [3.63, 3.8) is 0 Å². The first-order valence-electron chi connectivity index (χ1n) is 5.61. The minimum absolute atomic E-state index is 0.356. The van der Waals surface area contributed by atoms with E-state index in [0.29, 0.717) is 23.2 Å². The normalized spacial score (nSPS) is 10.0.